The molecule has 0 spiro atoms. The number of carbonyl (C=O) groups is 3. The van der Waals surface area contributed by atoms with E-state index in [9.17, 15) is 14.4 Å². The highest BCUT2D eigenvalue weighted by atomic mass is 16.6. The van der Waals surface area contributed by atoms with E-state index in [0.717, 1.165) is 24.0 Å². The van der Waals surface area contributed by atoms with Gasteiger partial charge in [-0.2, -0.15) is 0 Å². The lowest BCUT2D eigenvalue weighted by molar-refractivity contribution is -0.149. The fourth-order valence-electron chi connectivity index (χ4n) is 4.23. The number of hydrogen-bond acceptors (Lipinski definition) is 4. The molecule has 1 aromatic rings. The topological polar surface area (TPSA) is 87.7 Å². The maximum atomic E-state index is 14.3. The molecule has 0 radical (unpaired) electrons. The van der Waals surface area contributed by atoms with Gasteiger partial charge in [-0.3, -0.25) is 9.59 Å². The molecule has 204 valence electrons. The second kappa shape index (κ2) is 13.1. The van der Waals surface area contributed by atoms with Gasteiger partial charge in [0.15, 0.2) is 0 Å². The molecule has 0 saturated heterocycles. The highest BCUT2D eigenvalue weighted by Crippen LogP contribution is 2.33. The summed E-state index contributed by atoms with van der Waals surface area (Å²) < 4.78 is 5.47. The summed E-state index contributed by atoms with van der Waals surface area (Å²) in [5.74, 6) is -0.711. The van der Waals surface area contributed by atoms with Gasteiger partial charge >= 0.3 is 6.09 Å². The molecule has 36 heavy (non-hydrogen) atoms. The van der Waals surface area contributed by atoms with Crippen molar-refractivity contribution in [3.05, 3.63) is 35.4 Å². The van der Waals surface area contributed by atoms with Gasteiger partial charge in [0.25, 0.3) is 0 Å². The first-order valence-corrected chi connectivity index (χ1v) is 13.2. The van der Waals surface area contributed by atoms with Crippen LogP contribution in [0.2, 0.25) is 0 Å². The zero-order valence-corrected chi connectivity index (χ0v) is 24.3. The first-order valence-electron chi connectivity index (χ1n) is 13.2. The minimum Gasteiger partial charge on any atom is -0.444 e. The van der Waals surface area contributed by atoms with E-state index < -0.39 is 29.3 Å². The lowest BCUT2D eigenvalue weighted by Gasteiger charge is -2.44. The molecule has 7 nitrogen and oxygen atoms in total. The number of carbonyl (C=O) groups excluding carboxylic acids is 3. The van der Waals surface area contributed by atoms with Gasteiger partial charge in [0.1, 0.15) is 17.7 Å². The van der Waals surface area contributed by atoms with E-state index in [-0.39, 0.29) is 23.8 Å². The van der Waals surface area contributed by atoms with E-state index in [1.54, 1.807) is 25.7 Å². The number of alkyl carbamates (subject to hydrolysis) is 1. The van der Waals surface area contributed by atoms with Crippen LogP contribution in [0.3, 0.4) is 0 Å². The molecule has 3 amide bonds. The number of rotatable bonds is 10. The fraction of sp³-hybridized carbons (Fsp3) is 0.690. The Balaban J connectivity index is 3.61. The van der Waals surface area contributed by atoms with Crippen molar-refractivity contribution < 1.29 is 19.1 Å². The minimum atomic E-state index is -0.856. The Morgan fingerprint density at radius 2 is 1.56 bits per heavy atom. The Morgan fingerprint density at radius 3 is 2.03 bits per heavy atom. The number of benzene rings is 1. The molecule has 0 saturated carbocycles. The molecular formula is C29H49N3O4. The normalized spacial score (nSPS) is 15.3. The molecule has 0 aromatic heterocycles. The van der Waals surface area contributed by atoms with E-state index in [4.69, 9.17) is 4.74 Å². The Hall–Kier alpha value is -2.57. The second-order valence-electron chi connectivity index (χ2n) is 11.8. The van der Waals surface area contributed by atoms with Crippen LogP contribution in [0.4, 0.5) is 4.79 Å². The van der Waals surface area contributed by atoms with Crippen LogP contribution >= 0.6 is 0 Å². The van der Waals surface area contributed by atoms with Gasteiger partial charge in [0.2, 0.25) is 11.8 Å². The summed E-state index contributed by atoms with van der Waals surface area (Å²) in [5.41, 5.74) is 0.275. The lowest BCUT2D eigenvalue weighted by Crippen LogP contribution is -2.60. The third-order valence-corrected chi connectivity index (χ3v) is 6.21. The van der Waals surface area contributed by atoms with Crippen molar-refractivity contribution in [2.24, 2.45) is 5.92 Å². The SMILES string of the molecule is CCCC(C)NC(=O)C(c1ccccc1C)N(C(=O)C(NC(=O)OC(C)(C)C)C(C)CC)C(C)(C)C. The highest BCUT2D eigenvalue weighted by Gasteiger charge is 2.43. The van der Waals surface area contributed by atoms with E-state index in [1.165, 1.54) is 0 Å². The van der Waals surface area contributed by atoms with Gasteiger partial charge in [-0.05, 0) is 78.9 Å². The Morgan fingerprint density at radius 1 is 0.972 bits per heavy atom. The smallest absolute Gasteiger partial charge is 0.408 e. The standard InChI is InChI=1S/C29H49N3O4/c1-12-16-21(5)30-25(33)24(22-18-15-14-17-20(22)4)32(28(6,7)8)26(34)23(19(3)13-2)31-27(35)36-29(9,10)11/h14-15,17-19,21,23-24H,12-13,16H2,1-11H3,(H,30,33)(H,31,35). The first kappa shape index (κ1) is 31.5. The van der Waals surface area contributed by atoms with Crippen molar-refractivity contribution in [1.82, 2.24) is 15.5 Å². The van der Waals surface area contributed by atoms with Crippen LogP contribution in [-0.4, -0.2) is 46.0 Å². The molecule has 2 N–H and O–H groups in total. The third kappa shape index (κ3) is 9.14. The molecular weight excluding hydrogens is 454 g/mol. The van der Waals surface area contributed by atoms with E-state index in [2.05, 4.69) is 17.6 Å². The Labute approximate surface area is 218 Å². The molecule has 0 bridgehead atoms. The average Bonchev–Trinajstić information content (AvgIpc) is 2.73. The van der Waals surface area contributed by atoms with Crippen molar-refractivity contribution >= 4 is 17.9 Å². The van der Waals surface area contributed by atoms with Crippen molar-refractivity contribution in [1.29, 1.82) is 0 Å². The summed E-state index contributed by atoms with van der Waals surface area (Å²) in [4.78, 5) is 42.5. The van der Waals surface area contributed by atoms with Crippen molar-refractivity contribution in [2.75, 3.05) is 0 Å². The Kier molecular flexibility index (Phi) is 11.5. The van der Waals surface area contributed by atoms with Crippen LogP contribution in [0.15, 0.2) is 24.3 Å². The number of nitrogens with zero attached hydrogens (tertiary/aromatic N) is 1. The summed E-state index contributed by atoms with van der Waals surface area (Å²) >= 11 is 0. The molecule has 0 fully saturated rings. The second-order valence-corrected chi connectivity index (χ2v) is 11.8. The average molecular weight is 504 g/mol. The van der Waals surface area contributed by atoms with Gasteiger partial charge in [-0.15, -0.1) is 0 Å². The molecule has 0 aliphatic heterocycles. The molecule has 1 aromatic carbocycles. The zero-order chi connectivity index (χ0) is 27.8. The number of nitrogens with one attached hydrogen (secondary N) is 2. The number of aryl methyl sites for hydroxylation is 1. The van der Waals surface area contributed by atoms with Crippen LogP contribution < -0.4 is 10.6 Å². The zero-order valence-electron chi connectivity index (χ0n) is 24.3. The molecule has 0 heterocycles. The van der Waals surface area contributed by atoms with Gasteiger partial charge < -0.3 is 20.3 Å². The molecule has 7 heteroatoms. The van der Waals surface area contributed by atoms with E-state index >= 15 is 0 Å². The quantitative estimate of drug-likeness (QED) is 0.416. The maximum Gasteiger partial charge on any atom is 0.408 e. The van der Waals surface area contributed by atoms with Crippen molar-refractivity contribution in [2.45, 2.75) is 125 Å². The number of amides is 3. The maximum absolute atomic E-state index is 14.3. The molecule has 1 rings (SSSR count). The Bertz CT molecular complexity index is 885. The molecule has 0 aliphatic carbocycles. The predicted molar refractivity (Wildman–Crippen MR) is 146 cm³/mol. The first-order chi connectivity index (χ1) is 16.5. The number of hydrogen-bond donors (Lipinski definition) is 2. The van der Waals surface area contributed by atoms with Crippen molar-refractivity contribution in [3.8, 4) is 0 Å². The largest absolute Gasteiger partial charge is 0.444 e. The summed E-state index contributed by atoms with van der Waals surface area (Å²) in [5, 5.41) is 5.94. The van der Waals surface area contributed by atoms with Crippen LogP contribution in [-0.2, 0) is 14.3 Å². The number of ether oxygens (including phenoxy) is 1. The van der Waals surface area contributed by atoms with Crippen LogP contribution in [0.5, 0.6) is 0 Å². The third-order valence-electron chi connectivity index (χ3n) is 6.21. The predicted octanol–water partition coefficient (Wildman–Crippen LogP) is 5.91. The van der Waals surface area contributed by atoms with E-state index in [1.807, 2.05) is 72.7 Å². The summed E-state index contributed by atoms with van der Waals surface area (Å²) in [6.07, 6.45) is 1.79. The summed E-state index contributed by atoms with van der Waals surface area (Å²) in [7, 11) is 0. The van der Waals surface area contributed by atoms with Crippen LogP contribution in [0.1, 0.15) is 106 Å². The van der Waals surface area contributed by atoms with Gasteiger partial charge in [-0.1, -0.05) is 57.9 Å². The molecule has 4 atom stereocenters. The molecule has 4 unspecified atom stereocenters. The monoisotopic (exact) mass is 503 g/mol. The lowest BCUT2D eigenvalue weighted by atomic mass is 9.90. The highest BCUT2D eigenvalue weighted by molar-refractivity contribution is 5.93. The van der Waals surface area contributed by atoms with Crippen molar-refractivity contribution in [3.63, 3.8) is 0 Å². The van der Waals surface area contributed by atoms with Gasteiger partial charge in [-0.25, -0.2) is 4.79 Å². The van der Waals surface area contributed by atoms with Crippen LogP contribution in [0, 0.1) is 12.8 Å². The molecule has 0 aliphatic rings. The van der Waals surface area contributed by atoms with Crippen LogP contribution in [0.25, 0.3) is 0 Å². The van der Waals surface area contributed by atoms with E-state index in [0.29, 0.717) is 6.42 Å². The summed E-state index contributed by atoms with van der Waals surface area (Å²) in [6.45, 7) is 21.0. The van der Waals surface area contributed by atoms with Gasteiger partial charge in [0.05, 0.1) is 0 Å². The fourth-order valence-corrected chi connectivity index (χ4v) is 4.23. The van der Waals surface area contributed by atoms with Gasteiger partial charge in [0, 0.05) is 11.6 Å². The summed E-state index contributed by atoms with van der Waals surface area (Å²) in [6, 6.07) is 5.91. The minimum absolute atomic E-state index is 0.0313.